The zero-order chi connectivity index (χ0) is 25.9. The second kappa shape index (κ2) is 11.1. The second-order valence-electron chi connectivity index (χ2n) is 7.63. The summed E-state index contributed by atoms with van der Waals surface area (Å²) in [5.74, 6) is -0.889. The van der Waals surface area contributed by atoms with E-state index in [1.807, 2.05) is 0 Å². The molecule has 1 fully saturated rings. The minimum atomic E-state index is -4.35. The fraction of sp³-hybridized carbons (Fsp3) is 0.364. The van der Waals surface area contributed by atoms with Crippen molar-refractivity contribution in [1.82, 2.24) is 4.90 Å². The van der Waals surface area contributed by atoms with Crippen LogP contribution in [0.2, 0.25) is 15.1 Å². The Labute approximate surface area is 218 Å². The molecule has 1 heterocycles. The third-order valence-electron chi connectivity index (χ3n) is 5.30. The third-order valence-corrected chi connectivity index (χ3v) is 7.74. The molecule has 0 spiro atoms. The number of sulfonamides is 1. The minimum Gasteiger partial charge on any atom is -0.495 e. The molecule has 2 aromatic carbocycles. The van der Waals surface area contributed by atoms with Gasteiger partial charge in [0.05, 0.1) is 40.5 Å². The molecule has 0 aliphatic carbocycles. The highest BCUT2D eigenvalue weighted by atomic mass is 35.5. The maximum absolute atomic E-state index is 13.2. The molecule has 1 atom stereocenters. The first-order valence-corrected chi connectivity index (χ1v) is 13.0. The van der Waals surface area contributed by atoms with Gasteiger partial charge in [-0.3, -0.25) is 9.52 Å². The number of hydrogen-bond donors (Lipinski definition) is 1. The van der Waals surface area contributed by atoms with Gasteiger partial charge in [0.1, 0.15) is 16.4 Å². The third kappa shape index (κ3) is 6.06. The molecule has 1 aliphatic heterocycles. The molecule has 2 aromatic rings. The number of nitrogens with zero attached hydrogens (tertiary/aromatic N) is 1. The summed E-state index contributed by atoms with van der Waals surface area (Å²) in [6.45, 7) is 2.63. The largest absolute Gasteiger partial charge is 0.495 e. The Morgan fingerprint density at radius 1 is 0.943 bits per heavy atom. The van der Waals surface area contributed by atoms with Crippen LogP contribution in [0.1, 0.15) is 30.1 Å². The maximum Gasteiger partial charge on any atom is 0.340 e. The van der Waals surface area contributed by atoms with Gasteiger partial charge in [-0.2, -0.15) is 0 Å². The summed E-state index contributed by atoms with van der Waals surface area (Å²) < 4.78 is 44.3. The van der Waals surface area contributed by atoms with E-state index in [0.29, 0.717) is 13.1 Å². The highest BCUT2D eigenvalue weighted by Crippen LogP contribution is 2.38. The van der Waals surface area contributed by atoms with Crippen LogP contribution in [0.3, 0.4) is 0 Å². The Morgan fingerprint density at radius 2 is 1.57 bits per heavy atom. The van der Waals surface area contributed by atoms with Crippen LogP contribution in [0.4, 0.5) is 5.69 Å². The van der Waals surface area contributed by atoms with E-state index >= 15 is 0 Å². The Bertz CT molecular complexity index is 1250. The monoisotopic (exact) mass is 564 g/mol. The van der Waals surface area contributed by atoms with Gasteiger partial charge in [-0.15, -0.1) is 0 Å². The molecule has 0 saturated carbocycles. The number of carbonyl (C=O) groups excluding carboxylic acids is 2. The van der Waals surface area contributed by atoms with Gasteiger partial charge in [0.25, 0.3) is 15.9 Å². The maximum atomic E-state index is 13.2. The molecule has 13 heteroatoms. The van der Waals surface area contributed by atoms with E-state index in [-0.39, 0.29) is 43.7 Å². The van der Waals surface area contributed by atoms with Crippen molar-refractivity contribution < 1.29 is 32.2 Å². The predicted octanol–water partition coefficient (Wildman–Crippen LogP) is 4.63. The first-order chi connectivity index (χ1) is 16.5. The molecule has 1 aliphatic rings. The molecule has 0 bridgehead atoms. The van der Waals surface area contributed by atoms with E-state index in [1.54, 1.807) is 4.90 Å². The van der Waals surface area contributed by atoms with Crippen molar-refractivity contribution in [3.8, 4) is 11.5 Å². The average Bonchev–Trinajstić information content (AvgIpc) is 3.33. The standard InChI is InChI=1S/C22H23Cl3N2O7S/c1-12(21(28)27-6-4-5-7-27)34-22(29)13-8-20(16(25)9-14(13)23)35(30,31)26-17-10-15(24)18(32-2)11-19(17)33-3/h8-12,26H,4-7H2,1-3H3/t12-/m0/s1. The van der Waals surface area contributed by atoms with Crippen molar-refractivity contribution >= 4 is 62.4 Å². The Morgan fingerprint density at radius 3 is 2.17 bits per heavy atom. The molecule has 0 aromatic heterocycles. The zero-order valence-electron chi connectivity index (χ0n) is 19.1. The number of anilines is 1. The summed E-state index contributed by atoms with van der Waals surface area (Å²) in [6.07, 6.45) is 0.693. The molecule has 9 nitrogen and oxygen atoms in total. The number of esters is 1. The van der Waals surface area contributed by atoms with E-state index in [1.165, 1.54) is 33.3 Å². The number of benzene rings is 2. The second-order valence-corrected chi connectivity index (χ2v) is 10.5. The lowest BCUT2D eigenvalue weighted by molar-refractivity contribution is -0.138. The SMILES string of the molecule is COc1cc(OC)c(NS(=O)(=O)c2cc(C(=O)O[C@@H](C)C(=O)N3CCCC3)c(Cl)cc2Cl)cc1Cl. The van der Waals surface area contributed by atoms with Gasteiger partial charge in [-0.1, -0.05) is 34.8 Å². The van der Waals surface area contributed by atoms with Gasteiger partial charge in [-0.05, 0) is 38.0 Å². The van der Waals surface area contributed by atoms with Crippen LogP contribution in [-0.4, -0.2) is 58.6 Å². The van der Waals surface area contributed by atoms with Gasteiger partial charge < -0.3 is 19.1 Å². The van der Waals surface area contributed by atoms with Gasteiger partial charge in [-0.25, -0.2) is 13.2 Å². The molecule has 0 unspecified atom stereocenters. The molecule has 1 amide bonds. The van der Waals surface area contributed by atoms with Crippen molar-refractivity contribution in [2.45, 2.75) is 30.8 Å². The number of nitrogens with one attached hydrogen (secondary N) is 1. The molecular formula is C22H23Cl3N2O7S. The Balaban J connectivity index is 1.89. The van der Waals surface area contributed by atoms with Crippen molar-refractivity contribution in [3.05, 3.63) is 44.9 Å². The van der Waals surface area contributed by atoms with E-state index in [4.69, 9.17) is 49.0 Å². The van der Waals surface area contributed by atoms with Gasteiger partial charge in [0.2, 0.25) is 0 Å². The number of hydrogen-bond acceptors (Lipinski definition) is 7. The lowest BCUT2D eigenvalue weighted by Crippen LogP contribution is -2.38. The number of amides is 1. The Kier molecular flexibility index (Phi) is 8.63. The number of methoxy groups -OCH3 is 2. The molecular weight excluding hydrogens is 543 g/mol. The highest BCUT2D eigenvalue weighted by molar-refractivity contribution is 7.92. The minimum absolute atomic E-state index is 0.0123. The quantitative estimate of drug-likeness (QED) is 0.465. The number of halogens is 3. The number of ether oxygens (including phenoxy) is 3. The average molecular weight is 566 g/mol. The molecule has 1 N–H and O–H groups in total. The van der Waals surface area contributed by atoms with Crippen LogP contribution in [0.5, 0.6) is 11.5 Å². The van der Waals surface area contributed by atoms with Crippen molar-refractivity contribution in [2.24, 2.45) is 0 Å². The first kappa shape index (κ1) is 27.2. The summed E-state index contributed by atoms with van der Waals surface area (Å²) in [4.78, 5) is 26.4. The van der Waals surface area contributed by atoms with Gasteiger partial charge in [0, 0.05) is 19.2 Å². The van der Waals surface area contributed by atoms with E-state index in [9.17, 15) is 18.0 Å². The fourth-order valence-corrected chi connectivity index (χ4v) is 5.65. The molecule has 3 rings (SSSR count). The topological polar surface area (TPSA) is 111 Å². The van der Waals surface area contributed by atoms with Crippen LogP contribution < -0.4 is 14.2 Å². The van der Waals surface area contributed by atoms with Gasteiger partial charge in [0.15, 0.2) is 6.10 Å². The fourth-order valence-electron chi connectivity index (χ4n) is 3.50. The normalized spacial score (nSPS) is 14.4. The Hall–Kier alpha value is -2.40. The number of rotatable bonds is 8. The van der Waals surface area contributed by atoms with Crippen LogP contribution in [0.25, 0.3) is 0 Å². The summed E-state index contributed by atoms with van der Waals surface area (Å²) in [5.41, 5.74) is -0.254. The molecule has 1 saturated heterocycles. The summed E-state index contributed by atoms with van der Waals surface area (Å²) in [5, 5.41) is -0.238. The number of likely N-dealkylation sites (tertiary alicyclic amines) is 1. The van der Waals surface area contributed by atoms with E-state index < -0.39 is 27.0 Å². The zero-order valence-corrected chi connectivity index (χ0v) is 22.1. The number of carbonyl (C=O) groups is 2. The highest BCUT2D eigenvalue weighted by Gasteiger charge is 2.29. The van der Waals surface area contributed by atoms with E-state index in [0.717, 1.165) is 25.0 Å². The van der Waals surface area contributed by atoms with Crippen LogP contribution in [0, 0.1) is 0 Å². The predicted molar refractivity (Wildman–Crippen MR) is 133 cm³/mol. The van der Waals surface area contributed by atoms with Crippen LogP contribution in [0.15, 0.2) is 29.2 Å². The summed E-state index contributed by atoms with van der Waals surface area (Å²) in [6, 6.07) is 4.81. The first-order valence-electron chi connectivity index (χ1n) is 10.4. The van der Waals surface area contributed by atoms with Crippen molar-refractivity contribution in [3.63, 3.8) is 0 Å². The van der Waals surface area contributed by atoms with Crippen LogP contribution >= 0.6 is 34.8 Å². The van der Waals surface area contributed by atoms with Crippen LogP contribution in [-0.2, 0) is 19.6 Å². The summed E-state index contributed by atoms with van der Waals surface area (Å²) >= 11 is 18.4. The molecule has 35 heavy (non-hydrogen) atoms. The molecule has 190 valence electrons. The van der Waals surface area contributed by atoms with Crippen molar-refractivity contribution in [1.29, 1.82) is 0 Å². The lowest BCUT2D eigenvalue weighted by Gasteiger charge is -2.21. The van der Waals surface area contributed by atoms with E-state index in [2.05, 4.69) is 4.72 Å². The van der Waals surface area contributed by atoms with Crippen molar-refractivity contribution in [2.75, 3.05) is 32.0 Å². The van der Waals surface area contributed by atoms with Gasteiger partial charge >= 0.3 is 5.97 Å². The lowest BCUT2D eigenvalue weighted by atomic mass is 10.2. The smallest absolute Gasteiger partial charge is 0.340 e. The summed E-state index contributed by atoms with van der Waals surface area (Å²) in [7, 11) is -1.60. The molecule has 0 radical (unpaired) electrons.